The van der Waals surface area contributed by atoms with E-state index in [1.807, 2.05) is 80.6 Å². The zero-order valence-corrected chi connectivity index (χ0v) is 15.6. The summed E-state index contributed by atoms with van der Waals surface area (Å²) in [4.78, 5) is 17.1. The van der Waals surface area contributed by atoms with Gasteiger partial charge >= 0.3 is 0 Å². The highest BCUT2D eigenvalue weighted by Gasteiger charge is 2.16. The van der Waals surface area contributed by atoms with Gasteiger partial charge < -0.3 is 9.84 Å². The van der Waals surface area contributed by atoms with Gasteiger partial charge in [0.05, 0.1) is 11.3 Å². The van der Waals surface area contributed by atoms with Gasteiger partial charge in [0.1, 0.15) is 0 Å². The Kier molecular flexibility index (Phi) is 4.72. The molecule has 0 aliphatic rings. The Labute approximate surface area is 163 Å². The maximum Gasteiger partial charge on any atom is 0.260 e. The number of amides is 1. The van der Waals surface area contributed by atoms with Gasteiger partial charge in [-0.2, -0.15) is 4.98 Å². The van der Waals surface area contributed by atoms with E-state index in [0.29, 0.717) is 28.5 Å². The Morgan fingerprint density at radius 2 is 1.68 bits per heavy atom. The van der Waals surface area contributed by atoms with Crippen LogP contribution in [-0.2, 0) is 0 Å². The van der Waals surface area contributed by atoms with Crippen molar-refractivity contribution in [3.8, 4) is 22.8 Å². The second-order valence-electron chi connectivity index (χ2n) is 6.66. The predicted octanol–water partition coefficient (Wildman–Crippen LogP) is 5.27. The summed E-state index contributed by atoms with van der Waals surface area (Å²) in [6.07, 6.45) is 0. The van der Waals surface area contributed by atoms with E-state index in [0.717, 1.165) is 16.7 Å². The molecule has 0 aliphatic heterocycles. The minimum Gasteiger partial charge on any atom is -0.334 e. The van der Waals surface area contributed by atoms with Crippen molar-refractivity contribution >= 4 is 11.6 Å². The average Bonchev–Trinajstić information content (AvgIpc) is 3.19. The first-order valence-corrected chi connectivity index (χ1v) is 8.98. The van der Waals surface area contributed by atoms with Crippen LogP contribution in [0.5, 0.6) is 0 Å². The molecular weight excluding hydrogens is 350 g/mol. The molecule has 0 fully saturated rings. The topological polar surface area (TPSA) is 68.0 Å². The molecule has 0 radical (unpaired) electrons. The molecule has 1 heterocycles. The molecule has 138 valence electrons. The van der Waals surface area contributed by atoms with E-state index >= 15 is 0 Å². The molecule has 0 aliphatic carbocycles. The number of carbonyl (C=O) groups excluding carboxylic acids is 1. The number of para-hydroxylation sites is 1. The quantitative estimate of drug-likeness (QED) is 0.532. The van der Waals surface area contributed by atoms with E-state index < -0.39 is 0 Å². The van der Waals surface area contributed by atoms with Crippen LogP contribution < -0.4 is 5.32 Å². The summed E-state index contributed by atoms with van der Waals surface area (Å²) in [6, 6.07) is 22.7. The van der Waals surface area contributed by atoms with E-state index in [1.54, 1.807) is 6.07 Å². The van der Waals surface area contributed by atoms with Crippen molar-refractivity contribution < 1.29 is 9.32 Å². The first-order valence-electron chi connectivity index (χ1n) is 8.98. The Morgan fingerprint density at radius 1 is 0.893 bits per heavy atom. The van der Waals surface area contributed by atoms with Gasteiger partial charge in [-0.05, 0) is 38.1 Å². The Morgan fingerprint density at radius 3 is 2.46 bits per heavy atom. The third-order valence-electron chi connectivity index (χ3n) is 4.42. The van der Waals surface area contributed by atoms with Gasteiger partial charge in [0, 0.05) is 11.1 Å². The number of carbonyl (C=O) groups is 1. The maximum atomic E-state index is 12.6. The largest absolute Gasteiger partial charge is 0.334 e. The van der Waals surface area contributed by atoms with Crippen molar-refractivity contribution in [2.24, 2.45) is 0 Å². The molecule has 1 N–H and O–H groups in total. The number of anilines is 1. The minimum absolute atomic E-state index is 0.186. The van der Waals surface area contributed by atoms with E-state index in [-0.39, 0.29) is 5.91 Å². The van der Waals surface area contributed by atoms with Gasteiger partial charge in [0.25, 0.3) is 11.8 Å². The third-order valence-corrected chi connectivity index (χ3v) is 4.42. The van der Waals surface area contributed by atoms with Crippen LogP contribution in [0.15, 0.2) is 77.3 Å². The van der Waals surface area contributed by atoms with Crippen molar-refractivity contribution in [3.05, 3.63) is 89.5 Å². The fraction of sp³-hybridized carbons (Fsp3) is 0.0870. The van der Waals surface area contributed by atoms with Crippen molar-refractivity contribution in [2.75, 3.05) is 5.32 Å². The van der Waals surface area contributed by atoms with Gasteiger partial charge in [0.2, 0.25) is 5.82 Å². The lowest BCUT2D eigenvalue weighted by Gasteiger charge is -2.09. The standard InChI is InChI=1S/C23H19N3O2/c1-15-10-12-17(13-11-15)21-25-23(28-26-21)19-8-3-4-9-20(19)24-22(27)18-7-5-6-16(2)14-18/h3-14H,1-2H3,(H,24,27). The lowest BCUT2D eigenvalue weighted by atomic mass is 10.1. The number of benzene rings is 3. The second kappa shape index (κ2) is 7.48. The molecule has 1 aromatic heterocycles. The maximum absolute atomic E-state index is 12.6. The van der Waals surface area contributed by atoms with Gasteiger partial charge in [0.15, 0.2) is 0 Å². The van der Waals surface area contributed by atoms with Crippen LogP contribution in [0, 0.1) is 13.8 Å². The van der Waals surface area contributed by atoms with Crippen LogP contribution >= 0.6 is 0 Å². The average molecular weight is 369 g/mol. The SMILES string of the molecule is Cc1ccc(-c2noc(-c3ccccc3NC(=O)c3cccc(C)c3)n2)cc1. The fourth-order valence-corrected chi connectivity index (χ4v) is 2.91. The minimum atomic E-state index is -0.186. The fourth-order valence-electron chi connectivity index (χ4n) is 2.91. The number of aromatic nitrogens is 2. The van der Waals surface area contributed by atoms with Crippen molar-refractivity contribution in [3.63, 3.8) is 0 Å². The van der Waals surface area contributed by atoms with Gasteiger partial charge in [-0.25, -0.2) is 0 Å². The molecule has 4 rings (SSSR count). The lowest BCUT2D eigenvalue weighted by molar-refractivity contribution is 0.102. The summed E-state index contributed by atoms with van der Waals surface area (Å²) in [7, 11) is 0. The molecule has 1 amide bonds. The van der Waals surface area contributed by atoms with Gasteiger partial charge in [-0.3, -0.25) is 4.79 Å². The monoisotopic (exact) mass is 369 g/mol. The number of rotatable bonds is 4. The number of aryl methyl sites for hydroxylation is 2. The Balaban J connectivity index is 1.63. The molecule has 0 saturated carbocycles. The molecule has 5 nitrogen and oxygen atoms in total. The Hall–Kier alpha value is -3.73. The number of nitrogens with one attached hydrogen (secondary N) is 1. The molecule has 0 saturated heterocycles. The van der Waals surface area contributed by atoms with Crippen LogP contribution in [0.4, 0.5) is 5.69 Å². The smallest absolute Gasteiger partial charge is 0.260 e. The van der Waals surface area contributed by atoms with E-state index in [1.165, 1.54) is 0 Å². The zero-order valence-electron chi connectivity index (χ0n) is 15.6. The van der Waals surface area contributed by atoms with Gasteiger partial charge in [-0.1, -0.05) is 64.8 Å². The molecule has 3 aromatic carbocycles. The first kappa shape index (κ1) is 17.7. The Bertz CT molecular complexity index is 1130. The van der Waals surface area contributed by atoms with Crippen molar-refractivity contribution in [1.29, 1.82) is 0 Å². The molecule has 0 unspecified atom stereocenters. The summed E-state index contributed by atoms with van der Waals surface area (Å²) < 4.78 is 5.47. The molecule has 0 spiro atoms. The lowest BCUT2D eigenvalue weighted by Crippen LogP contribution is -2.12. The summed E-state index contributed by atoms with van der Waals surface area (Å²) in [5, 5.41) is 7.03. The second-order valence-corrected chi connectivity index (χ2v) is 6.66. The van der Waals surface area contributed by atoms with Crippen LogP contribution in [0.25, 0.3) is 22.8 Å². The summed E-state index contributed by atoms with van der Waals surface area (Å²) in [6.45, 7) is 3.98. The molecule has 0 bridgehead atoms. The third kappa shape index (κ3) is 3.69. The van der Waals surface area contributed by atoms with Gasteiger partial charge in [-0.15, -0.1) is 0 Å². The highest BCUT2D eigenvalue weighted by atomic mass is 16.5. The van der Waals surface area contributed by atoms with Crippen LogP contribution in [0.1, 0.15) is 21.5 Å². The van der Waals surface area contributed by atoms with E-state index in [2.05, 4.69) is 15.5 Å². The number of hydrogen-bond donors (Lipinski definition) is 1. The molecular formula is C23H19N3O2. The summed E-state index contributed by atoms with van der Waals surface area (Å²) in [5.41, 5.74) is 4.96. The predicted molar refractivity (Wildman–Crippen MR) is 109 cm³/mol. The first-order chi connectivity index (χ1) is 13.6. The van der Waals surface area contributed by atoms with Crippen LogP contribution in [0.2, 0.25) is 0 Å². The van der Waals surface area contributed by atoms with E-state index in [9.17, 15) is 4.79 Å². The molecule has 5 heteroatoms. The number of nitrogens with zero attached hydrogens (tertiary/aromatic N) is 2. The van der Waals surface area contributed by atoms with E-state index in [4.69, 9.17) is 4.52 Å². The molecule has 28 heavy (non-hydrogen) atoms. The summed E-state index contributed by atoms with van der Waals surface area (Å²) in [5.74, 6) is 0.681. The van der Waals surface area contributed by atoms with Crippen molar-refractivity contribution in [2.45, 2.75) is 13.8 Å². The summed E-state index contributed by atoms with van der Waals surface area (Å²) >= 11 is 0. The number of hydrogen-bond acceptors (Lipinski definition) is 4. The normalized spacial score (nSPS) is 10.6. The van der Waals surface area contributed by atoms with Crippen LogP contribution in [-0.4, -0.2) is 16.0 Å². The highest BCUT2D eigenvalue weighted by molar-refractivity contribution is 6.06. The van der Waals surface area contributed by atoms with Crippen LogP contribution in [0.3, 0.4) is 0 Å². The zero-order chi connectivity index (χ0) is 19.5. The highest BCUT2D eigenvalue weighted by Crippen LogP contribution is 2.29. The molecule has 0 atom stereocenters. The van der Waals surface area contributed by atoms with Crippen molar-refractivity contribution in [1.82, 2.24) is 10.1 Å². The molecule has 4 aromatic rings.